The monoisotopic (exact) mass is 409 g/mol. The Morgan fingerprint density at radius 2 is 2.00 bits per heavy atom. The van der Waals surface area contributed by atoms with Crippen molar-refractivity contribution in [1.82, 2.24) is 0 Å². The summed E-state index contributed by atoms with van der Waals surface area (Å²) in [5, 5.41) is 3.25. The molecule has 1 aliphatic rings. The third-order valence-electron chi connectivity index (χ3n) is 3.52. The number of anilines is 1. The zero-order valence-corrected chi connectivity index (χ0v) is 14.7. The maximum absolute atomic E-state index is 11.7. The Kier molecular flexibility index (Phi) is 4.95. The van der Waals surface area contributed by atoms with E-state index in [0.717, 1.165) is 33.9 Å². The quantitative estimate of drug-likeness (QED) is 0.819. The molecule has 2 atom stereocenters. The minimum absolute atomic E-state index is 0.204. The van der Waals surface area contributed by atoms with Gasteiger partial charge >= 0.3 is 0 Å². The first kappa shape index (κ1) is 15.3. The number of halogens is 2. The molecule has 0 radical (unpaired) electrons. The molecular weight excluding hydrogens is 394 g/mol. The van der Waals surface area contributed by atoms with E-state index in [1.807, 2.05) is 18.2 Å². The SMILES string of the molecule is CS(=O)(=O)C1CCCC(Nc2cc(Br)ccc2Br)C1. The first-order chi connectivity index (χ1) is 8.86. The number of hydrogen-bond acceptors (Lipinski definition) is 3. The predicted molar refractivity (Wildman–Crippen MR) is 86.4 cm³/mol. The van der Waals surface area contributed by atoms with Crippen LogP contribution in [0, 0.1) is 0 Å². The molecule has 1 N–H and O–H groups in total. The molecule has 0 aromatic heterocycles. The van der Waals surface area contributed by atoms with Crippen molar-refractivity contribution in [3.63, 3.8) is 0 Å². The van der Waals surface area contributed by atoms with Crippen LogP contribution in [0.1, 0.15) is 25.7 Å². The first-order valence-corrected chi connectivity index (χ1v) is 9.81. The normalized spacial score (nSPS) is 24.2. The second kappa shape index (κ2) is 6.14. The third kappa shape index (κ3) is 4.20. The summed E-state index contributed by atoms with van der Waals surface area (Å²) in [5.74, 6) is 0. The average molecular weight is 411 g/mol. The van der Waals surface area contributed by atoms with E-state index in [4.69, 9.17) is 0 Å². The van der Waals surface area contributed by atoms with Crippen molar-refractivity contribution in [3.05, 3.63) is 27.1 Å². The Balaban J connectivity index is 2.09. The van der Waals surface area contributed by atoms with E-state index in [-0.39, 0.29) is 11.3 Å². The molecule has 1 aromatic rings. The Hall–Kier alpha value is -0.0700. The van der Waals surface area contributed by atoms with Gasteiger partial charge < -0.3 is 5.32 Å². The van der Waals surface area contributed by atoms with Gasteiger partial charge in [0, 0.05) is 26.9 Å². The van der Waals surface area contributed by atoms with Crippen LogP contribution in [0.4, 0.5) is 5.69 Å². The minimum atomic E-state index is -2.93. The van der Waals surface area contributed by atoms with Crippen molar-refractivity contribution in [3.8, 4) is 0 Å². The Labute approximate surface area is 131 Å². The molecule has 3 nitrogen and oxygen atoms in total. The maximum Gasteiger partial charge on any atom is 0.150 e. The smallest absolute Gasteiger partial charge is 0.150 e. The molecule has 1 aromatic carbocycles. The number of benzene rings is 1. The van der Waals surface area contributed by atoms with E-state index < -0.39 is 9.84 Å². The topological polar surface area (TPSA) is 46.2 Å². The molecule has 0 spiro atoms. The molecule has 1 aliphatic carbocycles. The zero-order chi connectivity index (χ0) is 14.0. The molecule has 1 saturated carbocycles. The molecule has 2 unspecified atom stereocenters. The fourth-order valence-corrected chi connectivity index (χ4v) is 4.39. The zero-order valence-electron chi connectivity index (χ0n) is 10.7. The van der Waals surface area contributed by atoms with E-state index in [1.165, 1.54) is 6.26 Å². The molecule has 0 amide bonds. The number of hydrogen-bond donors (Lipinski definition) is 1. The van der Waals surface area contributed by atoms with Crippen LogP contribution in [0.5, 0.6) is 0 Å². The van der Waals surface area contributed by atoms with Crippen molar-refractivity contribution in [2.45, 2.75) is 37.0 Å². The van der Waals surface area contributed by atoms with E-state index >= 15 is 0 Å². The van der Waals surface area contributed by atoms with Crippen molar-refractivity contribution in [2.24, 2.45) is 0 Å². The fourth-order valence-electron chi connectivity index (χ4n) is 2.49. The Bertz CT molecular complexity index is 560. The number of nitrogens with one attached hydrogen (secondary N) is 1. The van der Waals surface area contributed by atoms with E-state index in [2.05, 4.69) is 37.2 Å². The van der Waals surface area contributed by atoms with E-state index in [1.54, 1.807) is 0 Å². The maximum atomic E-state index is 11.7. The second-order valence-corrected chi connectivity index (χ2v) is 9.18. The van der Waals surface area contributed by atoms with Crippen LogP contribution < -0.4 is 5.32 Å². The third-order valence-corrected chi connectivity index (χ3v) is 6.34. The summed E-state index contributed by atoms with van der Waals surface area (Å²) in [4.78, 5) is 0. The Morgan fingerprint density at radius 3 is 2.68 bits per heavy atom. The minimum Gasteiger partial charge on any atom is -0.381 e. The molecule has 0 bridgehead atoms. The summed E-state index contributed by atoms with van der Waals surface area (Å²) in [5.41, 5.74) is 1.01. The van der Waals surface area contributed by atoms with Crippen molar-refractivity contribution < 1.29 is 8.42 Å². The molecule has 0 saturated heterocycles. The van der Waals surface area contributed by atoms with Gasteiger partial charge in [-0.15, -0.1) is 0 Å². The van der Waals surface area contributed by atoms with Crippen LogP contribution in [-0.2, 0) is 9.84 Å². The summed E-state index contributed by atoms with van der Waals surface area (Å²) in [6.07, 6.45) is 4.80. The summed E-state index contributed by atoms with van der Waals surface area (Å²) in [6, 6.07) is 6.17. The fraction of sp³-hybridized carbons (Fsp3) is 0.538. The van der Waals surface area contributed by atoms with E-state index in [0.29, 0.717) is 6.42 Å². The van der Waals surface area contributed by atoms with Crippen LogP contribution in [0.25, 0.3) is 0 Å². The summed E-state index contributed by atoms with van der Waals surface area (Å²) >= 11 is 6.96. The highest BCUT2D eigenvalue weighted by atomic mass is 79.9. The molecule has 1 fully saturated rings. The van der Waals surface area contributed by atoms with Crippen molar-refractivity contribution in [1.29, 1.82) is 0 Å². The van der Waals surface area contributed by atoms with Crippen LogP contribution >= 0.6 is 31.9 Å². The highest BCUT2D eigenvalue weighted by Crippen LogP contribution is 2.31. The summed E-state index contributed by atoms with van der Waals surface area (Å²) in [7, 11) is -2.93. The second-order valence-electron chi connectivity index (χ2n) is 5.08. The van der Waals surface area contributed by atoms with Gasteiger partial charge in [-0.2, -0.15) is 0 Å². The van der Waals surface area contributed by atoms with Gasteiger partial charge in [0.2, 0.25) is 0 Å². The highest BCUT2D eigenvalue weighted by Gasteiger charge is 2.28. The average Bonchev–Trinajstić information content (AvgIpc) is 2.33. The summed E-state index contributed by atoms with van der Waals surface area (Å²) < 4.78 is 25.3. The lowest BCUT2D eigenvalue weighted by Crippen LogP contribution is -2.34. The van der Waals surface area contributed by atoms with Crippen molar-refractivity contribution >= 4 is 47.4 Å². The lowest BCUT2D eigenvalue weighted by Gasteiger charge is -2.29. The van der Waals surface area contributed by atoms with Crippen LogP contribution in [-0.4, -0.2) is 26.0 Å². The van der Waals surface area contributed by atoms with Gasteiger partial charge in [0.05, 0.1) is 5.25 Å². The predicted octanol–water partition coefficient (Wildman–Crippen LogP) is 3.98. The van der Waals surface area contributed by atoms with Gasteiger partial charge in [-0.1, -0.05) is 22.4 Å². The molecule has 19 heavy (non-hydrogen) atoms. The highest BCUT2D eigenvalue weighted by molar-refractivity contribution is 9.11. The van der Waals surface area contributed by atoms with Gasteiger partial charge in [0.1, 0.15) is 9.84 Å². The lowest BCUT2D eigenvalue weighted by atomic mass is 9.95. The standard InChI is InChI=1S/C13H17Br2NO2S/c1-19(17,18)11-4-2-3-10(8-11)16-13-7-9(14)5-6-12(13)15/h5-7,10-11,16H,2-4,8H2,1H3. The van der Waals surface area contributed by atoms with Crippen LogP contribution in [0.2, 0.25) is 0 Å². The lowest BCUT2D eigenvalue weighted by molar-refractivity contribution is 0.453. The first-order valence-electron chi connectivity index (χ1n) is 6.26. The molecule has 0 aliphatic heterocycles. The van der Waals surface area contributed by atoms with Gasteiger partial charge in [0.25, 0.3) is 0 Å². The van der Waals surface area contributed by atoms with Gasteiger partial charge in [-0.25, -0.2) is 8.42 Å². The largest absolute Gasteiger partial charge is 0.381 e. The summed E-state index contributed by atoms with van der Waals surface area (Å²) in [6.45, 7) is 0. The molecule has 6 heteroatoms. The Morgan fingerprint density at radius 1 is 1.26 bits per heavy atom. The van der Waals surface area contributed by atoms with Gasteiger partial charge in [-0.3, -0.25) is 0 Å². The molecule has 2 rings (SSSR count). The molecular formula is C13H17Br2NO2S. The number of sulfone groups is 1. The van der Waals surface area contributed by atoms with Gasteiger partial charge in [0.15, 0.2) is 0 Å². The number of rotatable bonds is 3. The van der Waals surface area contributed by atoms with Gasteiger partial charge in [-0.05, 0) is 53.4 Å². The van der Waals surface area contributed by atoms with Crippen LogP contribution in [0.15, 0.2) is 27.1 Å². The molecule has 106 valence electrons. The van der Waals surface area contributed by atoms with E-state index in [9.17, 15) is 8.42 Å². The molecule has 0 heterocycles. The van der Waals surface area contributed by atoms with Crippen molar-refractivity contribution in [2.75, 3.05) is 11.6 Å². The van der Waals surface area contributed by atoms with Crippen LogP contribution in [0.3, 0.4) is 0 Å².